The lowest BCUT2D eigenvalue weighted by atomic mass is 9.90. The van der Waals surface area contributed by atoms with Crippen molar-refractivity contribution in [1.29, 1.82) is 0 Å². The van der Waals surface area contributed by atoms with Gasteiger partial charge in [0.25, 0.3) is 11.6 Å². The summed E-state index contributed by atoms with van der Waals surface area (Å²) in [6.45, 7) is 4.61. The summed E-state index contributed by atoms with van der Waals surface area (Å²) in [4.78, 5) is 46.3. The number of rotatable bonds is 7. The molecule has 0 atom stereocenters. The van der Waals surface area contributed by atoms with E-state index in [2.05, 4.69) is 10.4 Å². The van der Waals surface area contributed by atoms with Crippen molar-refractivity contribution in [2.24, 2.45) is 5.41 Å². The molecule has 0 fully saturated rings. The molecule has 0 radical (unpaired) electrons. The molecule has 1 aromatic carbocycles. The molecule has 10 nitrogen and oxygen atoms in total. The van der Waals surface area contributed by atoms with Crippen molar-refractivity contribution in [1.82, 2.24) is 15.1 Å². The number of carboxylic acids is 1. The quantitative estimate of drug-likeness (QED) is 0.542. The smallest absolute Gasteiger partial charge is 0.309 e. The second kappa shape index (κ2) is 7.99. The van der Waals surface area contributed by atoms with Gasteiger partial charge >= 0.3 is 5.97 Å². The Labute approximate surface area is 160 Å². The lowest BCUT2D eigenvalue weighted by molar-refractivity contribution is -0.384. The molecule has 1 aromatic heterocycles. The van der Waals surface area contributed by atoms with Crippen LogP contribution in [0.25, 0.3) is 5.69 Å². The Hall–Kier alpha value is -3.56. The van der Waals surface area contributed by atoms with E-state index < -0.39 is 33.3 Å². The molecule has 1 amide bonds. The van der Waals surface area contributed by atoms with Crippen LogP contribution in [0.15, 0.2) is 35.1 Å². The molecule has 2 aromatic rings. The highest BCUT2D eigenvalue weighted by Gasteiger charge is 2.27. The summed E-state index contributed by atoms with van der Waals surface area (Å²) in [7, 11) is 0. The molecule has 0 saturated carbocycles. The number of para-hydroxylation sites is 2. The molecular weight excluding hydrogens is 368 g/mol. The van der Waals surface area contributed by atoms with E-state index in [1.807, 2.05) is 0 Å². The zero-order valence-corrected chi connectivity index (χ0v) is 15.6. The summed E-state index contributed by atoms with van der Waals surface area (Å²) in [5, 5.41) is 26.8. The lowest BCUT2D eigenvalue weighted by Crippen LogP contribution is -2.35. The van der Waals surface area contributed by atoms with Crippen LogP contribution in [0.5, 0.6) is 0 Å². The molecule has 0 aliphatic rings. The maximum Gasteiger partial charge on any atom is 0.309 e. The normalized spacial score (nSPS) is 11.1. The van der Waals surface area contributed by atoms with Gasteiger partial charge in [-0.2, -0.15) is 5.10 Å². The van der Waals surface area contributed by atoms with Gasteiger partial charge in [0.05, 0.1) is 10.3 Å². The second-order valence-electron chi connectivity index (χ2n) is 6.85. The van der Waals surface area contributed by atoms with E-state index in [9.17, 15) is 24.5 Å². The van der Waals surface area contributed by atoms with Gasteiger partial charge in [0, 0.05) is 24.4 Å². The maximum absolute atomic E-state index is 12.4. The Morgan fingerprint density at radius 3 is 2.57 bits per heavy atom. The Bertz CT molecular complexity index is 996. The third-order valence-electron chi connectivity index (χ3n) is 4.24. The van der Waals surface area contributed by atoms with Crippen LogP contribution >= 0.6 is 0 Å². The topological polar surface area (TPSA) is 144 Å². The minimum Gasteiger partial charge on any atom is -0.481 e. The molecule has 148 valence electrons. The first kappa shape index (κ1) is 20.7. The van der Waals surface area contributed by atoms with Crippen LogP contribution in [0, 0.1) is 22.5 Å². The lowest BCUT2D eigenvalue weighted by Gasteiger charge is -2.18. The fraction of sp³-hybridized carbons (Fsp3) is 0.333. The van der Waals surface area contributed by atoms with E-state index in [1.165, 1.54) is 38.1 Å². The van der Waals surface area contributed by atoms with Crippen LogP contribution in [-0.2, 0) is 4.79 Å². The minimum absolute atomic E-state index is 0.0264. The number of carboxylic acid groups (broad SMARTS) is 1. The van der Waals surface area contributed by atoms with Crippen molar-refractivity contribution in [2.45, 2.75) is 27.2 Å². The fourth-order valence-corrected chi connectivity index (χ4v) is 2.43. The third-order valence-corrected chi connectivity index (χ3v) is 4.24. The molecule has 1 heterocycles. The van der Waals surface area contributed by atoms with Crippen molar-refractivity contribution in [3.63, 3.8) is 0 Å². The predicted octanol–water partition coefficient (Wildman–Crippen LogP) is 1.68. The molecule has 0 aliphatic carbocycles. The van der Waals surface area contributed by atoms with Crippen LogP contribution in [0.4, 0.5) is 5.69 Å². The Kier molecular flexibility index (Phi) is 5.92. The Morgan fingerprint density at radius 2 is 1.96 bits per heavy atom. The van der Waals surface area contributed by atoms with E-state index >= 15 is 0 Å². The number of amides is 1. The molecule has 0 spiro atoms. The number of nitrogens with zero attached hydrogens (tertiary/aromatic N) is 3. The summed E-state index contributed by atoms with van der Waals surface area (Å²) in [5.74, 6) is -1.78. The summed E-state index contributed by atoms with van der Waals surface area (Å²) in [6, 6.07) is 6.99. The van der Waals surface area contributed by atoms with E-state index in [0.717, 1.165) is 4.68 Å². The number of aryl methyl sites for hydroxylation is 1. The maximum atomic E-state index is 12.4. The third kappa shape index (κ3) is 4.40. The van der Waals surface area contributed by atoms with Gasteiger partial charge in [-0.1, -0.05) is 12.1 Å². The highest BCUT2D eigenvalue weighted by atomic mass is 16.6. The second-order valence-corrected chi connectivity index (χ2v) is 6.85. The molecule has 10 heteroatoms. The zero-order chi connectivity index (χ0) is 21.1. The summed E-state index contributed by atoms with van der Waals surface area (Å²) in [5.41, 5.74) is -1.90. The number of hydrogen-bond acceptors (Lipinski definition) is 6. The number of nitrogens with one attached hydrogen (secondary N) is 1. The van der Waals surface area contributed by atoms with Crippen molar-refractivity contribution >= 4 is 17.6 Å². The fourth-order valence-electron chi connectivity index (χ4n) is 2.43. The van der Waals surface area contributed by atoms with Crippen LogP contribution in [-0.4, -0.2) is 38.2 Å². The minimum atomic E-state index is -1.04. The first-order valence-electron chi connectivity index (χ1n) is 8.41. The van der Waals surface area contributed by atoms with E-state index in [0.29, 0.717) is 5.69 Å². The largest absolute Gasteiger partial charge is 0.481 e. The number of benzene rings is 1. The van der Waals surface area contributed by atoms with Crippen molar-refractivity contribution < 1.29 is 19.6 Å². The number of hydrogen-bond donors (Lipinski definition) is 2. The molecule has 28 heavy (non-hydrogen) atoms. The molecule has 0 saturated heterocycles. The SMILES string of the molecule is Cc1cc(=O)c(C(=O)NCCC(C)(C)C(=O)O)nn1-c1ccccc1[N+](=O)[O-]. The zero-order valence-electron chi connectivity index (χ0n) is 15.6. The van der Waals surface area contributed by atoms with Gasteiger partial charge < -0.3 is 10.4 Å². The number of aromatic nitrogens is 2. The average molecular weight is 388 g/mol. The van der Waals surface area contributed by atoms with Gasteiger partial charge in [-0.3, -0.25) is 24.5 Å². The van der Waals surface area contributed by atoms with Gasteiger partial charge in [0.2, 0.25) is 5.43 Å². The first-order chi connectivity index (χ1) is 13.0. The highest BCUT2D eigenvalue weighted by molar-refractivity contribution is 5.92. The monoisotopic (exact) mass is 388 g/mol. The van der Waals surface area contributed by atoms with Crippen LogP contribution in [0.3, 0.4) is 0 Å². The summed E-state index contributed by atoms with van der Waals surface area (Å²) < 4.78 is 1.16. The van der Waals surface area contributed by atoms with Crippen LogP contribution in [0.1, 0.15) is 36.5 Å². The number of carbonyl (C=O) groups excluding carboxylic acids is 1. The van der Waals surface area contributed by atoms with Gasteiger partial charge in [-0.15, -0.1) is 0 Å². The molecular formula is C18H20N4O6. The van der Waals surface area contributed by atoms with Gasteiger partial charge in [-0.25, -0.2) is 4.68 Å². The van der Waals surface area contributed by atoms with Crippen LogP contribution in [0.2, 0.25) is 0 Å². The summed E-state index contributed by atoms with van der Waals surface area (Å²) >= 11 is 0. The predicted molar refractivity (Wildman–Crippen MR) is 99.6 cm³/mol. The van der Waals surface area contributed by atoms with Crippen molar-refractivity contribution in [2.75, 3.05) is 6.54 Å². The Morgan fingerprint density at radius 1 is 1.32 bits per heavy atom. The van der Waals surface area contributed by atoms with Gasteiger partial charge in [-0.05, 0) is 33.3 Å². The summed E-state index contributed by atoms with van der Waals surface area (Å²) in [6.07, 6.45) is 0.151. The van der Waals surface area contributed by atoms with E-state index in [4.69, 9.17) is 5.11 Å². The first-order valence-corrected chi connectivity index (χ1v) is 8.41. The Balaban J connectivity index is 2.34. The molecule has 2 rings (SSSR count). The molecule has 0 aliphatic heterocycles. The number of aliphatic carboxylic acids is 1. The van der Waals surface area contributed by atoms with Crippen molar-refractivity contribution in [3.8, 4) is 5.69 Å². The van der Waals surface area contributed by atoms with Gasteiger partial charge in [0.1, 0.15) is 5.69 Å². The molecule has 0 unspecified atom stereocenters. The number of nitro groups is 1. The van der Waals surface area contributed by atoms with Crippen molar-refractivity contribution in [3.05, 3.63) is 62.1 Å². The molecule has 0 bridgehead atoms. The van der Waals surface area contributed by atoms with E-state index in [-0.39, 0.29) is 24.3 Å². The number of carbonyl (C=O) groups is 2. The average Bonchev–Trinajstić information content (AvgIpc) is 2.61. The molecule has 2 N–H and O–H groups in total. The van der Waals surface area contributed by atoms with Crippen LogP contribution < -0.4 is 10.7 Å². The van der Waals surface area contributed by atoms with E-state index in [1.54, 1.807) is 13.0 Å². The highest BCUT2D eigenvalue weighted by Crippen LogP contribution is 2.22. The standard InChI is InChI=1S/C18H20N4O6/c1-11-10-14(23)15(16(24)19-9-8-18(2,3)17(25)26)20-21(11)12-6-4-5-7-13(12)22(27)28/h4-7,10H,8-9H2,1-3H3,(H,19,24)(H,25,26). The van der Waals surface area contributed by atoms with Gasteiger partial charge in [0.15, 0.2) is 5.69 Å². The number of nitro benzene ring substituents is 1.